The van der Waals surface area contributed by atoms with Gasteiger partial charge < -0.3 is 5.32 Å². The van der Waals surface area contributed by atoms with Crippen molar-refractivity contribution in [2.45, 2.75) is 92.0 Å². The van der Waals surface area contributed by atoms with Gasteiger partial charge in [0.2, 0.25) is 0 Å². The molecular formula is C25H39NO. The smallest absolute Gasteiger partial charge is 0.156 e. The van der Waals surface area contributed by atoms with E-state index in [1.54, 1.807) is 6.92 Å². The molecule has 2 nitrogen and oxygen atoms in total. The number of hydrogen-bond acceptors (Lipinski definition) is 2. The molecule has 0 aliphatic heterocycles. The number of carbonyl (C=O) groups is 1. The van der Waals surface area contributed by atoms with Crippen LogP contribution in [-0.4, -0.2) is 18.9 Å². The Hall–Kier alpha value is -0.630. The maximum atomic E-state index is 12.4. The molecule has 0 aromatic carbocycles. The van der Waals surface area contributed by atoms with Crippen LogP contribution in [0.3, 0.4) is 0 Å². The molecule has 5 rings (SSSR count). The molecule has 4 fully saturated rings. The van der Waals surface area contributed by atoms with Crippen molar-refractivity contribution in [2.75, 3.05) is 7.05 Å². The first-order valence-electron chi connectivity index (χ1n) is 11.5. The number of fused-ring (bicyclic) bond motifs is 2. The molecule has 0 bridgehead atoms. The number of hydrogen-bond donors (Lipinski definition) is 1. The fraction of sp³-hybridized carbons (Fsp3) is 0.880. The van der Waals surface area contributed by atoms with Gasteiger partial charge in [0, 0.05) is 11.5 Å². The van der Waals surface area contributed by atoms with E-state index in [1.165, 1.54) is 44.9 Å². The number of rotatable bonds is 2. The van der Waals surface area contributed by atoms with Crippen molar-refractivity contribution in [1.82, 2.24) is 5.32 Å². The Morgan fingerprint density at radius 2 is 1.67 bits per heavy atom. The second-order valence-corrected chi connectivity index (χ2v) is 12.0. The van der Waals surface area contributed by atoms with E-state index < -0.39 is 0 Å². The lowest BCUT2D eigenvalue weighted by Gasteiger charge is -2.63. The Kier molecular flexibility index (Phi) is 3.47. The summed E-state index contributed by atoms with van der Waals surface area (Å²) in [7, 11) is 2.17. The summed E-state index contributed by atoms with van der Waals surface area (Å²) < 4.78 is 0. The molecule has 2 spiro atoms. The molecule has 4 saturated carbocycles. The summed E-state index contributed by atoms with van der Waals surface area (Å²) in [6.45, 7) is 11.9. The highest BCUT2D eigenvalue weighted by Crippen LogP contribution is 2.88. The topological polar surface area (TPSA) is 29.1 Å². The SMILES string of the molecule is CN[C@H]1CC[C@]23C[C@]24CC[C@]2(C)C(C(C)=O)=CC[C@@]2(C)[C@@H]4CC[C@H]3C1(C)C. The lowest BCUT2D eigenvalue weighted by atomic mass is 9.42. The minimum absolute atomic E-state index is 0.114. The Balaban J connectivity index is 1.53. The molecule has 0 saturated heterocycles. The average molecular weight is 370 g/mol. The Labute approximate surface area is 165 Å². The first-order chi connectivity index (χ1) is 12.6. The summed E-state index contributed by atoms with van der Waals surface area (Å²) >= 11 is 0. The summed E-state index contributed by atoms with van der Waals surface area (Å²) in [6, 6.07) is 0.671. The van der Waals surface area contributed by atoms with Crippen molar-refractivity contribution in [2.24, 2.45) is 38.9 Å². The average Bonchev–Trinajstić information content (AvgIpc) is 3.17. The molecule has 0 unspecified atom stereocenters. The van der Waals surface area contributed by atoms with Crippen LogP contribution in [0.15, 0.2) is 11.6 Å². The number of ketones is 1. The number of nitrogens with one attached hydrogen (secondary N) is 1. The van der Waals surface area contributed by atoms with Crippen molar-refractivity contribution in [3.63, 3.8) is 0 Å². The Morgan fingerprint density at radius 1 is 1.00 bits per heavy atom. The van der Waals surface area contributed by atoms with Gasteiger partial charge in [-0.3, -0.25) is 4.79 Å². The van der Waals surface area contributed by atoms with Gasteiger partial charge in [-0.15, -0.1) is 0 Å². The van der Waals surface area contributed by atoms with Crippen molar-refractivity contribution in [3.05, 3.63) is 11.6 Å². The van der Waals surface area contributed by atoms with Gasteiger partial charge in [-0.1, -0.05) is 33.8 Å². The standard InChI is InChI=1S/C25H39NO/c1-16(27)17-9-11-23(5)19-8-7-18-21(2,3)20(26-6)10-12-24(18)15-25(19,24)14-13-22(17,23)4/h9,18-20,26H,7-8,10-15H2,1-6H3/t18-,19-,20-,22+,23-,24+,25-/m0/s1. The van der Waals surface area contributed by atoms with E-state index in [-0.39, 0.29) is 5.41 Å². The molecule has 5 aliphatic carbocycles. The maximum absolute atomic E-state index is 12.4. The van der Waals surface area contributed by atoms with E-state index in [9.17, 15) is 4.79 Å². The summed E-state index contributed by atoms with van der Waals surface area (Å²) in [4.78, 5) is 12.4. The van der Waals surface area contributed by atoms with Gasteiger partial charge in [0.05, 0.1) is 0 Å². The number of allylic oxidation sites excluding steroid dienone is 2. The predicted octanol–water partition coefficient (Wildman–Crippen LogP) is 5.52. The van der Waals surface area contributed by atoms with Crippen LogP contribution in [0.1, 0.15) is 86.0 Å². The van der Waals surface area contributed by atoms with E-state index in [4.69, 9.17) is 0 Å². The van der Waals surface area contributed by atoms with E-state index in [0.717, 1.165) is 23.8 Å². The lowest BCUT2D eigenvalue weighted by Crippen LogP contribution is -2.59. The Bertz CT molecular complexity index is 737. The molecule has 0 aromatic heterocycles. The first-order valence-corrected chi connectivity index (χ1v) is 11.5. The molecular weight excluding hydrogens is 330 g/mol. The van der Waals surface area contributed by atoms with Crippen LogP contribution in [0, 0.1) is 38.9 Å². The Morgan fingerprint density at radius 3 is 2.33 bits per heavy atom. The van der Waals surface area contributed by atoms with Crippen molar-refractivity contribution >= 4 is 5.78 Å². The van der Waals surface area contributed by atoms with Crippen LogP contribution in [0.2, 0.25) is 0 Å². The fourth-order valence-electron chi connectivity index (χ4n) is 9.94. The second-order valence-electron chi connectivity index (χ2n) is 12.0. The molecule has 0 amide bonds. The third-order valence-electron chi connectivity index (χ3n) is 11.4. The van der Waals surface area contributed by atoms with Gasteiger partial charge in [-0.05, 0) is 104 Å². The van der Waals surface area contributed by atoms with Gasteiger partial charge in [-0.2, -0.15) is 0 Å². The molecule has 150 valence electrons. The largest absolute Gasteiger partial charge is 0.316 e. The molecule has 1 N–H and O–H groups in total. The molecule has 0 heterocycles. The highest BCUT2D eigenvalue weighted by Gasteiger charge is 2.81. The van der Waals surface area contributed by atoms with Crippen LogP contribution >= 0.6 is 0 Å². The maximum Gasteiger partial charge on any atom is 0.156 e. The molecule has 2 heteroatoms. The monoisotopic (exact) mass is 369 g/mol. The molecule has 27 heavy (non-hydrogen) atoms. The number of Topliss-reactive ketones (excluding diaryl/α,β-unsaturated/α-hetero) is 1. The van der Waals surface area contributed by atoms with Crippen LogP contribution in [0.4, 0.5) is 0 Å². The van der Waals surface area contributed by atoms with Crippen molar-refractivity contribution in [3.8, 4) is 0 Å². The minimum atomic E-state index is 0.114. The summed E-state index contributed by atoms with van der Waals surface area (Å²) in [5.41, 5.74) is 3.17. The van der Waals surface area contributed by atoms with Gasteiger partial charge in [-0.25, -0.2) is 0 Å². The molecule has 7 atom stereocenters. The third kappa shape index (κ3) is 1.82. The van der Waals surface area contributed by atoms with Crippen LogP contribution in [-0.2, 0) is 4.79 Å². The summed E-state index contributed by atoms with van der Waals surface area (Å²) in [5, 5.41) is 3.66. The van der Waals surface area contributed by atoms with E-state index >= 15 is 0 Å². The van der Waals surface area contributed by atoms with Gasteiger partial charge in [0.25, 0.3) is 0 Å². The fourth-order valence-corrected chi connectivity index (χ4v) is 9.94. The first kappa shape index (κ1) is 18.4. The molecule has 0 aromatic rings. The normalized spacial score (nSPS) is 54.9. The second kappa shape index (κ2) is 5.10. The highest BCUT2D eigenvalue weighted by molar-refractivity contribution is 5.95. The molecule has 5 aliphatic rings. The zero-order valence-electron chi connectivity index (χ0n) is 18.4. The zero-order valence-corrected chi connectivity index (χ0v) is 18.4. The summed E-state index contributed by atoms with van der Waals surface area (Å²) in [5.74, 6) is 2.02. The van der Waals surface area contributed by atoms with E-state index in [1.807, 2.05) is 0 Å². The van der Waals surface area contributed by atoms with Gasteiger partial charge in [0.15, 0.2) is 5.78 Å². The van der Waals surface area contributed by atoms with Gasteiger partial charge in [0.1, 0.15) is 0 Å². The van der Waals surface area contributed by atoms with E-state index in [0.29, 0.717) is 33.5 Å². The molecule has 0 radical (unpaired) electrons. The van der Waals surface area contributed by atoms with Crippen LogP contribution in [0.5, 0.6) is 0 Å². The summed E-state index contributed by atoms with van der Waals surface area (Å²) in [6.07, 6.45) is 13.1. The third-order valence-corrected chi connectivity index (χ3v) is 11.4. The highest BCUT2D eigenvalue weighted by atomic mass is 16.1. The number of carbonyl (C=O) groups excluding carboxylic acids is 1. The van der Waals surface area contributed by atoms with Gasteiger partial charge >= 0.3 is 0 Å². The van der Waals surface area contributed by atoms with Crippen LogP contribution in [0.25, 0.3) is 0 Å². The van der Waals surface area contributed by atoms with E-state index in [2.05, 4.69) is 46.1 Å². The zero-order chi connectivity index (χ0) is 19.5. The minimum Gasteiger partial charge on any atom is -0.316 e. The predicted molar refractivity (Wildman–Crippen MR) is 110 cm³/mol. The van der Waals surface area contributed by atoms with Crippen molar-refractivity contribution < 1.29 is 4.79 Å². The quantitative estimate of drug-likeness (QED) is 0.694. The lowest BCUT2D eigenvalue weighted by molar-refractivity contribution is -0.133. The van der Waals surface area contributed by atoms with Crippen molar-refractivity contribution in [1.29, 1.82) is 0 Å². The van der Waals surface area contributed by atoms with Crippen LogP contribution < -0.4 is 5.32 Å².